The Morgan fingerprint density at radius 1 is 1.29 bits per heavy atom. The number of alkyl carbamates (subject to hydrolysis) is 1. The molecular weight excluding hydrogens is 336 g/mol. The Morgan fingerprint density at radius 3 is 2.42 bits per heavy atom. The van der Waals surface area contributed by atoms with Crippen molar-refractivity contribution in [1.82, 2.24) is 5.32 Å². The Bertz CT molecular complexity index is 709. The third kappa shape index (κ3) is 6.45. The summed E-state index contributed by atoms with van der Waals surface area (Å²) in [5, 5.41) is 11.6. The normalized spacial score (nSPS) is 13.0. The van der Waals surface area contributed by atoms with Gasteiger partial charge in [0.2, 0.25) is 10.0 Å². The largest absolute Gasteiger partial charge is 0.479 e. The van der Waals surface area contributed by atoms with Gasteiger partial charge in [-0.3, -0.25) is 4.72 Å². The second-order valence-electron chi connectivity index (χ2n) is 6.05. The number of aliphatic carboxylic acids is 1. The first kappa shape index (κ1) is 19.8. The molecule has 1 aromatic rings. The van der Waals surface area contributed by atoms with Gasteiger partial charge in [0.05, 0.1) is 5.75 Å². The molecule has 0 saturated carbocycles. The lowest BCUT2D eigenvalue weighted by Gasteiger charge is -2.22. The molecular formula is C15H22N2O6S. The summed E-state index contributed by atoms with van der Waals surface area (Å²) < 4.78 is 30.6. The Balaban J connectivity index is 3.01. The Kier molecular flexibility index (Phi) is 6.19. The van der Waals surface area contributed by atoms with Crippen LogP contribution in [-0.4, -0.2) is 36.9 Å². The fourth-order valence-corrected chi connectivity index (χ4v) is 2.38. The molecule has 0 aliphatic heterocycles. The molecule has 0 radical (unpaired) electrons. The van der Waals surface area contributed by atoms with Gasteiger partial charge in [-0.15, -0.1) is 0 Å². The number of hydrogen-bond acceptors (Lipinski definition) is 5. The lowest BCUT2D eigenvalue weighted by molar-refractivity contribution is -0.139. The number of ether oxygens (including phenoxy) is 1. The zero-order valence-corrected chi connectivity index (χ0v) is 14.8. The van der Waals surface area contributed by atoms with Crippen molar-refractivity contribution >= 4 is 27.8 Å². The molecule has 1 amide bonds. The number of carboxylic acid groups (broad SMARTS) is 1. The first-order valence-electron chi connectivity index (χ1n) is 7.26. The molecule has 1 rings (SSSR count). The number of sulfonamides is 1. The summed E-state index contributed by atoms with van der Waals surface area (Å²) in [5.41, 5.74) is -0.345. The topological polar surface area (TPSA) is 122 Å². The van der Waals surface area contributed by atoms with Crippen LogP contribution in [0.1, 0.15) is 39.3 Å². The number of rotatable bonds is 6. The van der Waals surface area contributed by atoms with Crippen LogP contribution in [-0.2, 0) is 19.6 Å². The number of amides is 1. The van der Waals surface area contributed by atoms with Gasteiger partial charge in [0.25, 0.3) is 0 Å². The highest BCUT2D eigenvalue weighted by Crippen LogP contribution is 2.20. The van der Waals surface area contributed by atoms with E-state index in [-0.39, 0.29) is 17.0 Å². The molecule has 0 saturated heterocycles. The van der Waals surface area contributed by atoms with Crippen LogP contribution in [0.5, 0.6) is 0 Å². The van der Waals surface area contributed by atoms with Gasteiger partial charge < -0.3 is 15.2 Å². The Hall–Kier alpha value is -2.29. The summed E-state index contributed by atoms with van der Waals surface area (Å²) in [4.78, 5) is 23.2. The number of carboxylic acids is 1. The number of anilines is 1. The Morgan fingerprint density at radius 2 is 1.92 bits per heavy atom. The predicted octanol–water partition coefficient (Wildman–Crippen LogP) is 2.10. The number of nitrogens with one attached hydrogen (secondary N) is 2. The molecule has 1 aromatic carbocycles. The predicted molar refractivity (Wildman–Crippen MR) is 89.3 cm³/mol. The van der Waals surface area contributed by atoms with E-state index in [0.717, 1.165) is 0 Å². The van der Waals surface area contributed by atoms with Gasteiger partial charge in [-0.25, -0.2) is 18.0 Å². The molecule has 3 N–H and O–H groups in total. The summed E-state index contributed by atoms with van der Waals surface area (Å²) in [6.07, 6.45) is -0.880. The lowest BCUT2D eigenvalue weighted by atomic mass is 10.1. The monoisotopic (exact) mass is 358 g/mol. The van der Waals surface area contributed by atoms with Crippen LogP contribution in [0.25, 0.3) is 0 Å². The molecule has 0 spiro atoms. The maximum absolute atomic E-state index is 11.8. The molecule has 0 aliphatic rings. The van der Waals surface area contributed by atoms with E-state index in [2.05, 4.69) is 10.0 Å². The molecule has 0 aliphatic carbocycles. The number of carbonyl (C=O) groups excluding carboxylic acids is 1. The molecule has 8 nitrogen and oxygen atoms in total. The standard InChI is InChI=1S/C15H22N2O6S/c1-5-24(21,22)17-11-8-6-7-10(9-11)12(13(18)19)16-14(20)23-15(2,3)4/h6-9,12,17H,5H2,1-4H3,(H,16,20)(H,18,19)/t12-/m1/s1. The van der Waals surface area contributed by atoms with Gasteiger partial charge in [-0.1, -0.05) is 12.1 Å². The SMILES string of the molecule is CCS(=O)(=O)Nc1cccc([C@@H](NC(=O)OC(C)(C)C)C(=O)O)c1. The summed E-state index contributed by atoms with van der Waals surface area (Å²) in [6.45, 7) is 6.45. The average Bonchev–Trinajstić information content (AvgIpc) is 2.42. The van der Waals surface area contributed by atoms with Gasteiger partial charge in [-0.05, 0) is 45.4 Å². The summed E-state index contributed by atoms with van der Waals surface area (Å²) in [5.74, 6) is -1.41. The lowest BCUT2D eigenvalue weighted by Crippen LogP contribution is -2.38. The highest BCUT2D eigenvalue weighted by atomic mass is 32.2. The van der Waals surface area contributed by atoms with Crippen LogP contribution in [0.2, 0.25) is 0 Å². The fourth-order valence-electron chi connectivity index (χ4n) is 1.75. The first-order chi connectivity index (χ1) is 10.9. The van der Waals surface area contributed by atoms with E-state index in [1.807, 2.05) is 0 Å². The minimum atomic E-state index is -3.49. The van der Waals surface area contributed by atoms with Gasteiger partial charge in [-0.2, -0.15) is 0 Å². The van der Waals surface area contributed by atoms with Crippen molar-refractivity contribution in [3.05, 3.63) is 29.8 Å². The van der Waals surface area contributed by atoms with Crippen LogP contribution < -0.4 is 10.0 Å². The molecule has 1 atom stereocenters. The van der Waals surface area contributed by atoms with E-state index < -0.39 is 33.7 Å². The van der Waals surface area contributed by atoms with Crippen molar-refractivity contribution in [1.29, 1.82) is 0 Å². The molecule has 134 valence electrons. The summed E-state index contributed by atoms with van der Waals surface area (Å²) in [7, 11) is -3.49. The van der Waals surface area contributed by atoms with E-state index in [9.17, 15) is 23.1 Å². The van der Waals surface area contributed by atoms with Crippen molar-refractivity contribution in [3.8, 4) is 0 Å². The van der Waals surface area contributed by atoms with Crippen molar-refractivity contribution in [3.63, 3.8) is 0 Å². The number of hydrogen-bond donors (Lipinski definition) is 3. The maximum atomic E-state index is 11.8. The number of carbonyl (C=O) groups is 2. The van der Waals surface area contributed by atoms with Gasteiger partial charge in [0.1, 0.15) is 5.60 Å². The fraction of sp³-hybridized carbons (Fsp3) is 0.467. The van der Waals surface area contributed by atoms with Gasteiger partial charge >= 0.3 is 12.1 Å². The van der Waals surface area contributed by atoms with E-state index in [0.29, 0.717) is 0 Å². The molecule has 0 unspecified atom stereocenters. The maximum Gasteiger partial charge on any atom is 0.408 e. The van der Waals surface area contributed by atoms with Crippen LogP contribution in [0, 0.1) is 0 Å². The quantitative estimate of drug-likeness (QED) is 0.716. The minimum Gasteiger partial charge on any atom is -0.479 e. The van der Waals surface area contributed by atoms with Crippen LogP contribution in [0.3, 0.4) is 0 Å². The molecule has 24 heavy (non-hydrogen) atoms. The highest BCUT2D eigenvalue weighted by molar-refractivity contribution is 7.92. The van der Waals surface area contributed by atoms with Crippen molar-refractivity contribution in [2.45, 2.75) is 39.3 Å². The summed E-state index contributed by atoms with van der Waals surface area (Å²) >= 11 is 0. The minimum absolute atomic E-state index is 0.115. The van der Waals surface area contributed by atoms with Crippen molar-refractivity contribution in [2.24, 2.45) is 0 Å². The van der Waals surface area contributed by atoms with Crippen molar-refractivity contribution < 1.29 is 27.9 Å². The smallest absolute Gasteiger partial charge is 0.408 e. The summed E-state index contributed by atoms with van der Waals surface area (Å²) in [6, 6.07) is 4.44. The zero-order valence-electron chi connectivity index (χ0n) is 14.0. The van der Waals surface area contributed by atoms with E-state index >= 15 is 0 Å². The van der Waals surface area contributed by atoms with E-state index in [1.54, 1.807) is 20.8 Å². The third-order valence-electron chi connectivity index (χ3n) is 2.78. The average molecular weight is 358 g/mol. The van der Waals surface area contributed by atoms with Crippen LogP contribution in [0.15, 0.2) is 24.3 Å². The second-order valence-corrected chi connectivity index (χ2v) is 8.06. The third-order valence-corrected chi connectivity index (χ3v) is 4.09. The second kappa shape index (κ2) is 7.52. The highest BCUT2D eigenvalue weighted by Gasteiger charge is 2.25. The molecule has 9 heteroatoms. The first-order valence-corrected chi connectivity index (χ1v) is 8.91. The molecule has 0 heterocycles. The van der Waals surface area contributed by atoms with Crippen molar-refractivity contribution in [2.75, 3.05) is 10.5 Å². The van der Waals surface area contributed by atoms with Crippen LogP contribution >= 0.6 is 0 Å². The van der Waals surface area contributed by atoms with E-state index in [4.69, 9.17) is 4.74 Å². The molecule has 0 fully saturated rings. The van der Waals surface area contributed by atoms with E-state index in [1.165, 1.54) is 31.2 Å². The Labute approximate surface area is 141 Å². The van der Waals surface area contributed by atoms with Gasteiger partial charge in [0, 0.05) is 5.69 Å². The van der Waals surface area contributed by atoms with Crippen LogP contribution in [0.4, 0.5) is 10.5 Å². The van der Waals surface area contributed by atoms with Gasteiger partial charge in [0.15, 0.2) is 6.04 Å². The molecule has 0 bridgehead atoms. The number of benzene rings is 1. The zero-order chi connectivity index (χ0) is 18.5. The molecule has 0 aromatic heterocycles.